The minimum absolute atomic E-state index is 0.100. The minimum atomic E-state index is -4.40. The Morgan fingerprint density at radius 3 is 2.65 bits per heavy atom. The summed E-state index contributed by atoms with van der Waals surface area (Å²) < 4.78 is 40.9. The molecule has 0 saturated carbocycles. The SMILES string of the molecule is CC(C)n1cnc2c(NCc3cccc(C(F)(F)F)c3)nc(Nc3ccncn3)nc21. The van der Waals surface area contributed by atoms with Crippen molar-refractivity contribution in [1.29, 1.82) is 0 Å². The van der Waals surface area contributed by atoms with E-state index in [-0.39, 0.29) is 18.5 Å². The first-order valence-electron chi connectivity index (χ1n) is 9.49. The lowest BCUT2D eigenvalue weighted by Gasteiger charge is -2.12. The van der Waals surface area contributed by atoms with Gasteiger partial charge in [0.1, 0.15) is 12.1 Å². The molecule has 160 valence electrons. The van der Waals surface area contributed by atoms with Crippen LogP contribution in [0.5, 0.6) is 0 Å². The Bertz CT molecular complexity index is 1190. The molecule has 4 aromatic rings. The number of rotatable bonds is 6. The van der Waals surface area contributed by atoms with Crippen LogP contribution in [-0.2, 0) is 12.7 Å². The third-order valence-electron chi connectivity index (χ3n) is 4.51. The van der Waals surface area contributed by atoms with Crippen LogP contribution >= 0.6 is 0 Å². The van der Waals surface area contributed by atoms with Gasteiger partial charge in [-0.1, -0.05) is 12.1 Å². The van der Waals surface area contributed by atoms with Crippen molar-refractivity contribution in [3.05, 3.63) is 60.3 Å². The Labute approximate surface area is 175 Å². The normalized spacial score (nSPS) is 11.8. The summed E-state index contributed by atoms with van der Waals surface area (Å²) in [6.07, 6.45) is 0.238. The van der Waals surface area contributed by atoms with Crippen molar-refractivity contribution < 1.29 is 13.2 Å². The fourth-order valence-corrected chi connectivity index (χ4v) is 3.00. The van der Waals surface area contributed by atoms with Crippen LogP contribution in [0.3, 0.4) is 0 Å². The van der Waals surface area contributed by atoms with Crippen LogP contribution in [0.15, 0.2) is 49.2 Å². The van der Waals surface area contributed by atoms with Crippen molar-refractivity contribution in [3.63, 3.8) is 0 Å². The van der Waals surface area contributed by atoms with E-state index in [1.165, 1.54) is 12.4 Å². The highest BCUT2D eigenvalue weighted by Gasteiger charge is 2.30. The molecule has 0 radical (unpaired) electrons. The quantitative estimate of drug-likeness (QED) is 0.465. The average Bonchev–Trinajstić information content (AvgIpc) is 3.17. The van der Waals surface area contributed by atoms with Gasteiger partial charge in [-0.05, 0) is 37.6 Å². The van der Waals surface area contributed by atoms with Gasteiger partial charge in [0.05, 0.1) is 11.9 Å². The number of halogens is 3. The Hall–Kier alpha value is -3.76. The zero-order valence-electron chi connectivity index (χ0n) is 16.7. The van der Waals surface area contributed by atoms with E-state index in [9.17, 15) is 13.2 Å². The van der Waals surface area contributed by atoms with E-state index >= 15 is 0 Å². The number of benzene rings is 1. The number of nitrogens with one attached hydrogen (secondary N) is 2. The lowest BCUT2D eigenvalue weighted by Crippen LogP contribution is -2.09. The second-order valence-corrected chi connectivity index (χ2v) is 7.08. The number of imidazole rings is 1. The van der Waals surface area contributed by atoms with Crippen LogP contribution in [0.4, 0.5) is 30.8 Å². The van der Waals surface area contributed by atoms with Gasteiger partial charge in [-0.3, -0.25) is 0 Å². The second kappa shape index (κ2) is 8.17. The Morgan fingerprint density at radius 2 is 1.94 bits per heavy atom. The smallest absolute Gasteiger partial charge is 0.364 e. The molecule has 8 nitrogen and oxygen atoms in total. The molecule has 0 aliphatic heterocycles. The van der Waals surface area contributed by atoms with Crippen molar-refractivity contribution in [3.8, 4) is 0 Å². The fraction of sp³-hybridized carbons (Fsp3) is 0.250. The first kappa shape index (κ1) is 20.5. The van der Waals surface area contributed by atoms with Gasteiger partial charge in [0.15, 0.2) is 17.0 Å². The van der Waals surface area contributed by atoms with E-state index in [1.54, 1.807) is 24.7 Å². The van der Waals surface area contributed by atoms with Crippen molar-refractivity contribution in [2.75, 3.05) is 10.6 Å². The Morgan fingerprint density at radius 1 is 1.10 bits per heavy atom. The highest BCUT2D eigenvalue weighted by Crippen LogP contribution is 2.30. The van der Waals surface area contributed by atoms with Gasteiger partial charge in [0, 0.05) is 18.8 Å². The molecular weight excluding hydrogens is 409 g/mol. The largest absolute Gasteiger partial charge is 0.416 e. The summed E-state index contributed by atoms with van der Waals surface area (Å²) in [4.78, 5) is 21.4. The summed E-state index contributed by atoms with van der Waals surface area (Å²) in [5, 5.41) is 6.11. The highest BCUT2D eigenvalue weighted by atomic mass is 19.4. The Kier molecular flexibility index (Phi) is 5.40. The molecule has 11 heteroatoms. The summed E-state index contributed by atoms with van der Waals surface area (Å²) in [5.41, 5.74) is 0.882. The molecule has 0 aliphatic rings. The molecule has 0 fully saturated rings. The molecule has 0 aliphatic carbocycles. The molecule has 31 heavy (non-hydrogen) atoms. The third kappa shape index (κ3) is 4.55. The number of nitrogens with zero attached hydrogens (tertiary/aromatic N) is 6. The van der Waals surface area contributed by atoms with Crippen molar-refractivity contribution in [1.82, 2.24) is 29.5 Å². The number of anilines is 3. The summed E-state index contributed by atoms with van der Waals surface area (Å²) >= 11 is 0. The monoisotopic (exact) mass is 428 g/mol. The van der Waals surface area contributed by atoms with E-state index in [0.717, 1.165) is 12.1 Å². The minimum Gasteiger partial charge on any atom is -0.364 e. The standard InChI is InChI=1S/C20H19F3N8/c1-12(2)31-11-27-16-17(25-9-13-4-3-5-14(8-13)20(21,22)23)29-19(30-18(16)31)28-15-6-7-24-10-26-15/h3-8,10-12H,9H2,1-2H3,(H2,24,25,26,28,29,30). The highest BCUT2D eigenvalue weighted by molar-refractivity contribution is 5.84. The van der Waals surface area contributed by atoms with Crippen molar-refractivity contribution in [2.45, 2.75) is 32.6 Å². The van der Waals surface area contributed by atoms with E-state index in [0.29, 0.717) is 28.4 Å². The lowest BCUT2D eigenvalue weighted by molar-refractivity contribution is -0.137. The number of fused-ring (bicyclic) bond motifs is 1. The number of hydrogen-bond donors (Lipinski definition) is 2. The van der Waals surface area contributed by atoms with Crippen molar-refractivity contribution >= 4 is 28.7 Å². The van der Waals surface area contributed by atoms with Gasteiger partial charge in [-0.2, -0.15) is 23.1 Å². The van der Waals surface area contributed by atoms with E-state index in [1.807, 2.05) is 18.4 Å². The first-order chi connectivity index (χ1) is 14.8. The van der Waals surface area contributed by atoms with Crippen LogP contribution < -0.4 is 10.6 Å². The van der Waals surface area contributed by atoms with Crippen LogP contribution in [0.1, 0.15) is 31.0 Å². The molecule has 2 N–H and O–H groups in total. The average molecular weight is 428 g/mol. The molecule has 4 rings (SSSR count). The molecule has 0 bridgehead atoms. The molecule has 3 aromatic heterocycles. The van der Waals surface area contributed by atoms with Gasteiger partial charge in [0.2, 0.25) is 5.95 Å². The second-order valence-electron chi connectivity index (χ2n) is 7.08. The topological polar surface area (TPSA) is 93.4 Å². The van der Waals surface area contributed by atoms with E-state index < -0.39 is 11.7 Å². The predicted molar refractivity (Wildman–Crippen MR) is 110 cm³/mol. The maximum Gasteiger partial charge on any atom is 0.416 e. The van der Waals surface area contributed by atoms with Crippen LogP contribution in [0.25, 0.3) is 11.2 Å². The Balaban J connectivity index is 1.67. The van der Waals surface area contributed by atoms with Gasteiger partial charge < -0.3 is 15.2 Å². The molecule has 0 atom stereocenters. The molecule has 1 aromatic carbocycles. The number of aromatic nitrogens is 6. The molecular formula is C20H19F3N8. The fourth-order valence-electron chi connectivity index (χ4n) is 3.00. The van der Waals surface area contributed by atoms with Crippen molar-refractivity contribution in [2.24, 2.45) is 0 Å². The van der Waals surface area contributed by atoms with Crippen LogP contribution in [0, 0.1) is 0 Å². The molecule has 3 heterocycles. The predicted octanol–water partition coefficient (Wildman–Crippen LogP) is 4.57. The zero-order valence-corrected chi connectivity index (χ0v) is 16.7. The summed E-state index contributed by atoms with van der Waals surface area (Å²) in [5.74, 6) is 1.19. The maximum atomic E-state index is 13.0. The summed E-state index contributed by atoms with van der Waals surface area (Å²) in [6, 6.07) is 6.92. The number of hydrogen-bond acceptors (Lipinski definition) is 7. The molecule has 0 amide bonds. The first-order valence-corrected chi connectivity index (χ1v) is 9.49. The lowest BCUT2D eigenvalue weighted by atomic mass is 10.1. The van der Waals surface area contributed by atoms with Crippen LogP contribution in [-0.4, -0.2) is 29.5 Å². The van der Waals surface area contributed by atoms with Gasteiger partial charge >= 0.3 is 6.18 Å². The number of alkyl halides is 3. The maximum absolute atomic E-state index is 13.0. The summed E-state index contributed by atoms with van der Waals surface area (Å²) in [6.45, 7) is 4.13. The van der Waals surface area contributed by atoms with Gasteiger partial charge in [-0.15, -0.1) is 0 Å². The van der Waals surface area contributed by atoms with E-state index in [4.69, 9.17) is 0 Å². The summed E-state index contributed by atoms with van der Waals surface area (Å²) in [7, 11) is 0. The molecule has 0 saturated heterocycles. The van der Waals surface area contributed by atoms with Crippen LogP contribution in [0.2, 0.25) is 0 Å². The van der Waals surface area contributed by atoms with Gasteiger partial charge in [0.25, 0.3) is 0 Å². The third-order valence-corrected chi connectivity index (χ3v) is 4.51. The molecule has 0 unspecified atom stereocenters. The molecule has 0 spiro atoms. The van der Waals surface area contributed by atoms with E-state index in [2.05, 4.69) is 35.6 Å². The van der Waals surface area contributed by atoms with Gasteiger partial charge in [-0.25, -0.2) is 15.0 Å². The zero-order chi connectivity index (χ0) is 22.0.